The van der Waals surface area contributed by atoms with Crippen molar-refractivity contribution in [1.29, 1.82) is 0 Å². The molecule has 0 atom stereocenters. The monoisotopic (exact) mass is 304 g/mol. The molecular weight excluding hydrogens is 272 g/mol. The summed E-state index contributed by atoms with van der Waals surface area (Å²) in [5.41, 5.74) is 3.17. The minimum atomic E-state index is -0.696. The number of carboxylic acids is 1. The van der Waals surface area contributed by atoms with E-state index in [0.717, 1.165) is 38.5 Å². The Morgan fingerprint density at radius 1 is 0.864 bits per heavy atom. The molecule has 124 valence electrons. The lowest BCUT2D eigenvalue weighted by Crippen LogP contribution is -1.93. The fourth-order valence-corrected chi connectivity index (χ4v) is 2.00. The number of unbranched alkanes of at least 4 members (excludes halogenated alkanes) is 6. The van der Waals surface area contributed by atoms with Crippen LogP contribution in [-0.4, -0.2) is 11.1 Å². The highest BCUT2D eigenvalue weighted by molar-refractivity contribution is 5.66. The van der Waals surface area contributed by atoms with E-state index in [0.29, 0.717) is 0 Å². The van der Waals surface area contributed by atoms with Gasteiger partial charge in [-0.25, -0.2) is 0 Å². The normalized spacial score (nSPS) is 11.0. The summed E-state index contributed by atoms with van der Waals surface area (Å²) in [6.07, 6.45) is 24.1. The van der Waals surface area contributed by atoms with Crippen molar-refractivity contribution in [3.63, 3.8) is 0 Å². The quantitative estimate of drug-likeness (QED) is 0.235. The predicted octanol–water partition coefficient (Wildman–Crippen LogP) is 6.21. The summed E-state index contributed by atoms with van der Waals surface area (Å²) in [7, 11) is 0. The van der Waals surface area contributed by atoms with Crippen LogP contribution in [0, 0.1) is 0 Å². The van der Waals surface area contributed by atoms with Crippen molar-refractivity contribution >= 4 is 5.97 Å². The van der Waals surface area contributed by atoms with Crippen molar-refractivity contribution in [3.05, 3.63) is 42.2 Å². The highest BCUT2D eigenvalue weighted by Crippen LogP contribution is 2.03. The van der Waals surface area contributed by atoms with Crippen LogP contribution in [0.3, 0.4) is 0 Å². The third kappa shape index (κ3) is 18.5. The molecule has 0 aliphatic heterocycles. The molecule has 1 N–H and O–H groups in total. The van der Waals surface area contributed by atoms with Crippen molar-refractivity contribution in [3.8, 4) is 0 Å². The lowest BCUT2D eigenvalue weighted by atomic mass is 10.1. The summed E-state index contributed by atoms with van der Waals surface area (Å²) < 4.78 is 0. The standard InChI is InChI=1S/C20H32O2/c1-2-3-4-5-6-7-8-9-10-11-12-13-14-15-16-17-18-19-20(21)22/h6-7,9-10,12,14H,2-5,8,11,15-19H2,1H3,(H,21,22). The molecular formula is C20H32O2. The van der Waals surface area contributed by atoms with Crippen LogP contribution in [-0.2, 0) is 4.79 Å². The van der Waals surface area contributed by atoms with E-state index < -0.39 is 5.97 Å². The van der Waals surface area contributed by atoms with Crippen molar-refractivity contribution in [2.75, 3.05) is 0 Å². The zero-order valence-electron chi connectivity index (χ0n) is 14.1. The molecule has 0 bridgehead atoms. The molecule has 0 aliphatic rings. The molecule has 0 aromatic carbocycles. The zero-order chi connectivity index (χ0) is 16.3. The van der Waals surface area contributed by atoms with Crippen LogP contribution in [0.2, 0.25) is 0 Å². The van der Waals surface area contributed by atoms with Gasteiger partial charge in [-0.3, -0.25) is 4.79 Å². The first kappa shape index (κ1) is 20.5. The summed E-state index contributed by atoms with van der Waals surface area (Å²) in [6, 6.07) is 0. The van der Waals surface area contributed by atoms with Gasteiger partial charge in [-0.15, -0.1) is 5.73 Å². The smallest absolute Gasteiger partial charge is 0.303 e. The summed E-state index contributed by atoms with van der Waals surface area (Å²) in [4.78, 5) is 10.3. The van der Waals surface area contributed by atoms with Crippen molar-refractivity contribution < 1.29 is 9.90 Å². The molecule has 2 nitrogen and oxygen atoms in total. The fourth-order valence-electron chi connectivity index (χ4n) is 2.00. The maximum Gasteiger partial charge on any atom is 0.303 e. The van der Waals surface area contributed by atoms with Crippen LogP contribution < -0.4 is 0 Å². The molecule has 0 amide bonds. The summed E-state index contributed by atoms with van der Waals surface area (Å²) in [5.74, 6) is -0.696. The van der Waals surface area contributed by atoms with Crippen molar-refractivity contribution in [2.24, 2.45) is 0 Å². The molecule has 0 spiro atoms. The maximum atomic E-state index is 10.3. The Kier molecular flexibility index (Phi) is 16.3. The van der Waals surface area contributed by atoms with Crippen LogP contribution in [0.5, 0.6) is 0 Å². The Balaban J connectivity index is 3.42. The lowest BCUT2D eigenvalue weighted by molar-refractivity contribution is -0.137. The second-order valence-corrected chi connectivity index (χ2v) is 5.48. The van der Waals surface area contributed by atoms with Crippen LogP contribution in [0.25, 0.3) is 0 Å². The van der Waals surface area contributed by atoms with E-state index in [1.165, 1.54) is 25.7 Å². The molecule has 0 heterocycles. The Morgan fingerprint density at radius 3 is 2.36 bits per heavy atom. The van der Waals surface area contributed by atoms with Crippen LogP contribution in [0.1, 0.15) is 77.6 Å². The molecule has 2 heteroatoms. The molecule has 0 aliphatic carbocycles. The number of rotatable bonds is 14. The van der Waals surface area contributed by atoms with Crippen LogP contribution >= 0.6 is 0 Å². The van der Waals surface area contributed by atoms with Gasteiger partial charge in [0.2, 0.25) is 0 Å². The highest BCUT2D eigenvalue weighted by atomic mass is 16.4. The molecule has 0 unspecified atom stereocenters. The van der Waals surface area contributed by atoms with Gasteiger partial charge in [0.05, 0.1) is 0 Å². The van der Waals surface area contributed by atoms with Gasteiger partial charge >= 0.3 is 5.97 Å². The summed E-state index contributed by atoms with van der Waals surface area (Å²) in [5, 5.41) is 8.50. The maximum absolute atomic E-state index is 10.3. The second kappa shape index (κ2) is 17.5. The number of hydrogen-bond acceptors (Lipinski definition) is 1. The average Bonchev–Trinajstić information content (AvgIpc) is 2.50. The van der Waals surface area contributed by atoms with Gasteiger partial charge < -0.3 is 5.11 Å². The molecule has 0 saturated carbocycles. The van der Waals surface area contributed by atoms with E-state index in [-0.39, 0.29) is 6.42 Å². The first-order valence-electron chi connectivity index (χ1n) is 8.68. The Hall–Kier alpha value is -1.53. The van der Waals surface area contributed by atoms with E-state index in [1.54, 1.807) is 0 Å². The largest absolute Gasteiger partial charge is 0.481 e. The number of allylic oxidation sites excluding steroid dienone is 5. The third-order valence-electron chi connectivity index (χ3n) is 3.31. The average molecular weight is 304 g/mol. The Labute approximate surface area is 136 Å². The van der Waals surface area contributed by atoms with E-state index in [1.807, 2.05) is 12.2 Å². The summed E-state index contributed by atoms with van der Waals surface area (Å²) in [6.45, 7) is 2.23. The van der Waals surface area contributed by atoms with Gasteiger partial charge in [0.1, 0.15) is 0 Å². The lowest BCUT2D eigenvalue weighted by Gasteiger charge is -1.93. The van der Waals surface area contributed by atoms with Crippen molar-refractivity contribution in [1.82, 2.24) is 0 Å². The zero-order valence-corrected chi connectivity index (χ0v) is 14.1. The molecule has 0 rings (SSSR count). The van der Waals surface area contributed by atoms with Gasteiger partial charge in [-0.1, -0.05) is 50.5 Å². The van der Waals surface area contributed by atoms with E-state index in [4.69, 9.17) is 5.11 Å². The van der Waals surface area contributed by atoms with E-state index >= 15 is 0 Å². The first-order valence-corrected chi connectivity index (χ1v) is 8.68. The fraction of sp³-hybridized carbons (Fsp3) is 0.600. The molecule has 0 saturated heterocycles. The molecule has 0 aromatic heterocycles. The van der Waals surface area contributed by atoms with E-state index in [9.17, 15) is 4.79 Å². The number of carboxylic acid groups (broad SMARTS) is 1. The van der Waals surface area contributed by atoms with Crippen LogP contribution in [0.4, 0.5) is 0 Å². The first-order chi connectivity index (χ1) is 10.8. The van der Waals surface area contributed by atoms with Gasteiger partial charge in [0.25, 0.3) is 0 Å². The minimum Gasteiger partial charge on any atom is -0.481 e. The SMILES string of the molecule is CCCCCC=CCC=CCC=C=CCCCCCC(=O)O. The Morgan fingerprint density at radius 2 is 1.59 bits per heavy atom. The number of carbonyl (C=O) groups is 1. The van der Waals surface area contributed by atoms with Gasteiger partial charge in [-0.05, 0) is 57.1 Å². The van der Waals surface area contributed by atoms with Crippen LogP contribution in [0.15, 0.2) is 42.2 Å². The molecule has 0 aromatic rings. The number of aliphatic carboxylic acids is 1. The molecule has 0 fully saturated rings. The minimum absolute atomic E-state index is 0.289. The topological polar surface area (TPSA) is 37.3 Å². The van der Waals surface area contributed by atoms with E-state index in [2.05, 4.69) is 37.0 Å². The van der Waals surface area contributed by atoms with Gasteiger partial charge in [-0.2, -0.15) is 0 Å². The summed E-state index contributed by atoms with van der Waals surface area (Å²) >= 11 is 0. The molecule has 0 radical (unpaired) electrons. The molecule has 22 heavy (non-hydrogen) atoms. The highest BCUT2D eigenvalue weighted by Gasteiger charge is 1.94. The number of hydrogen-bond donors (Lipinski definition) is 1. The van der Waals surface area contributed by atoms with Crippen molar-refractivity contribution in [2.45, 2.75) is 77.6 Å². The third-order valence-corrected chi connectivity index (χ3v) is 3.31. The van der Waals surface area contributed by atoms with Gasteiger partial charge in [0.15, 0.2) is 0 Å². The predicted molar refractivity (Wildman–Crippen MR) is 95.0 cm³/mol. The second-order valence-electron chi connectivity index (χ2n) is 5.48. The Bertz CT molecular complexity index is 371. The van der Waals surface area contributed by atoms with Gasteiger partial charge in [0, 0.05) is 6.42 Å².